The van der Waals surface area contributed by atoms with Gasteiger partial charge in [0.2, 0.25) is 0 Å². The summed E-state index contributed by atoms with van der Waals surface area (Å²) in [5, 5.41) is 2.04. The molecule has 2 heterocycles. The van der Waals surface area contributed by atoms with E-state index in [-0.39, 0.29) is 0 Å². The number of hydrogen-bond donors (Lipinski definition) is 0. The molecule has 4 heteroatoms. The SMILES string of the molecule is COC(=O)c1cc2ccccc2c(C2=CCOCC2)n1. The fourth-order valence-corrected chi connectivity index (χ4v) is 2.39. The number of fused-ring (bicyclic) bond motifs is 1. The van der Waals surface area contributed by atoms with Gasteiger partial charge in [-0.1, -0.05) is 30.3 Å². The van der Waals surface area contributed by atoms with Crippen molar-refractivity contribution in [2.45, 2.75) is 6.42 Å². The van der Waals surface area contributed by atoms with E-state index in [0.717, 1.165) is 28.5 Å². The minimum atomic E-state index is -0.412. The number of aromatic nitrogens is 1. The Morgan fingerprint density at radius 3 is 2.95 bits per heavy atom. The van der Waals surface area contributed by atoms with Crippen LogP contribution in [-0.2, 0) is 9.47 Å². The van der Waals surface area contributed by atoms with Crippen LogP contribution in [0.4, 0.5) is 0 Å². The van der Waals surface area contributed by atoms with Crippen molar-refractivity contribution < 1.29 is 14.3 Å². The van der Waals surface area contributed by atoms with Gasteiger partial charge in [0.15, 0.2) is 0 Å². The summed E-state index contributed by atoms with van der Waals surface area (Å²) in [6, 6.07) is 9.70. The number of esters is 1. The molecule has 1 aromatic carbocycles. The highest BCUT2D eigenvalue weighted by Gasteiger charge is 2.16. The summed E-state index contributed by atoms with van der Waals surface area (Å²) in [6.07, 6.45) is 2.83. The minimum Gasteiger partial charge on any atom is -0.464 e. The summed E-state index contributed by atoms with van der Waals surface area (Å²) < 4.78 is 10.1. The van der Waals surface area contributed by atoms with Gasteiger partial charge in [-0.3, -0.25) is 0 Å². The smallest absolute Gasteiger partial charge is 0.356 e. The van der Waals surface area contributed by atoms with Gasteiger partial charge in [-0.05, 0) is 23.4 Å². The number of hydrogen-bond acceptors (Lipinski definition) is 4. The van der Waals surface area contributed by atoms with Crippen molar-refractivity contribution in [3.05, 3.63) is 47.8 Å². The van der Waals surface area contributed by atoms with E-state index in [1.165, 1.54) is 7.11 Å². The number of rotatable bonds is 2. The minimum absolute atomic E-state index is 0.341. The maximum atomic E-state index is 11.8. The van der Waals surface area contributed by atoms with Crippen LogP contribution in [0.25, 0.3) is 16.3 Å². The van der Waals surface area contributed by atoms with Crippen molar-refractivity contribution in [3.8, 4) is 0 Å². The topological polar surface area (TPSA) is 48.4 Å². The van der Waals surface area contributed by atoms with Gasteiger partial charge in [-0.15, -0.1) is 0 Å². The maximum Gasteiger partial charge on any atom is 0.356 e. The third kappa shape index (κ3) is 2.30. The summed E-state index contributed by atoms with van der Waals surface area (Å²) in [5.74, 6) is -0.412. The third-order valence-corrected chi connectivity index (χ3v) is 3.40. The number of carbonyl (C=O) groups excluding carboxylic acids is 1. The highest BCUT2D eigenvalue weighted by atomic mass is 16.5. The number of carbonyl (C=O) groups is 1. The van der Waals surface area contributed by atoms with Crippen molar-refractivity contribution in [2.75, 3.05) is 20.3 Å². The molecule has 0 spiro atoms. The summed E-state index contributed by atoms with van der Waals surface area (Å²) in [4.78, 5) is 16.3. The lowest BCUT2D eigenvalue weighted by molar-refractivity contribution is 0.0594. The molecule has 1 aliphatic heterocycles. The second kappa shape index (κ2) is 5.43. The van der Waals surface area contributed by atoms with Crippen LogP contribution in [-0.4, -0.2) is 31.3 Å². The van der Waals surface area contributed by atoms with Crippen LogP contribution in [0.15, 0.2) is 36.4 Å². The van der Waals surface area contributed by atoms with E-state index in [2.05, 4.69) is 4.98 Å². The van der Waals surface area contributed by atoms with Crippen molar-refractivity contribution in [2.24, 2.45) is 0 Å². The van der Waals surface area contributed by atoms with E-state index in [1.807, 2.05) is 30.3 Å². The van der Waals surface area contributed by atoms with Crippen molar-refractivity contribution in [3.63, 3.8) is 0 Å². The lowest BCUT2D eigenvalue weighted by atomic mass is 10.00. The van der Waals surface area contributed by atoms with Gasteiger partial charge < -0.3 is 9.47 Å². The summed E-state index contributed by atoms with van der Waals surface area (Å²) in [5.41, 5.74) is 2.32. The van der Waals surface area contributed by atoms with E-state index in [9.17, 15) is 4.79 Å². The predicted octanol–water partition coefficient (Wildman–Crippen LogP) is 2.83. The molecule has 102 valence electrons. The molecule has 0 N–H and O–H groups in total. The van der Waals surface area contributed by atoms with Crippen LogP contribution in [0.3, 0.4) is 0 Å². The van der Waals surface area contributed by atoms with Crippen LogP contribution in [0, 0.1) is 0 Å². The zero-order valence-corrected chi connectivity index (χ0v) is 11.3. The van der Waals surface area contributed by atoms with Gasteiger partial charge in [0.1, 0.15) is 5.69 Å². The predicted molar refractivity (Wildman–Crippen MR) is 76.5 cm³/mol. The zero-order valence-electron chi connectivity index (χ0n) is 11.3. The molecule has 1 aromatic heterocycles. The molecule has 4 nitrogen and oxygen atoms in total. The van der Waals surface area contributed by atoms with Crippen LogP contribution < -0.4 is 0 Å². The number of benzene rings is 1. The number of ether oxygens (including phenoxy) is 2. The molecule has 1 aliphatic rings. The first-order valence-electron chi connectivity index (χ1n) is 6.55. The van der Waals surface area contributed by atoms with Gasteiger partial charge in [-0.25, -0.2) is 9.78 Å². The van der Waals surface area contributed by atoms with Gasteiger partial charge >= 0.3 is 5.97 Å². The Bertz CT molecular complexity index is 691. The molecule has 0 radical (unpaired) electrons. The number of pyridine rings is 1. The molecule has 2 aromatic rings. The van der Waals surface area contributed by atoms with Gasteiger partial charge in [0.05, 0.1) is 26.0 Å². The van der Waals surface area contributed by atoms with Crippen molar-refractivity contribution in [1.29, 1.82) is 0 Å². The molecule has 0 amide bonds. The summed E-state index contributed by atoms with van der Waals surface area (Å²) in [6.45, 7) is 1.28. The summed E-state index contributed by atoms with van der Waals surface area (Å²) in [7, 11) is 1.37. The van der Waals surface area contributed by atoms with Crippen LogP contribution in [0.5, 0.6) is 0 Å². The Morgan fingerprint density at radius 2 is 2.20 bits per heavy atom. The Hall–Kier alpha value is -2.20. The van der Waals surface area contributed by atoms with E-state index < -0.39 is 5.97 Å². The fourth-order valence-electron chi connectivity index (χ4n) is 2.39. The van der Waals surface area contributed by atoms with Crippen molar-refractivity contribution in [1.82, 2.24) is 4.98 Å². The molecule has 0 bridgehead atoms. The molecule has 20 heavy (non-hydrogen) atoms. The Balaban J connectivity index is 2.22. The van der Waals surface area contributed by atoms with Gasteiger partial charge in [0.25, 0.3) is 0 Å². The molecule has 0 fully saturated rings. The second-order valence-corrected chi connectivity index (χ2v) is 4.62. The third-order valence-electron chi connectivity index (χ3n) is 3.40. The van der Waals surface area contributed by atoms with Crippen LogP contribution in [0.2, 0.25) is 0 Å². The molecule has 0 saturated heterocycles. The Morgan fingerprint density at radius 1 is 1.35 bits per heavy atom. The summed E-state index contributed by atoms with van der Waals surface area (Å²) >= 11 is 0. The molecule has 0 saturated carbocycles. The Labute approximate surface area is 117 Å². The molecule has 0 atom stereocenters. The highest BCUT2D eigenvalue weighted by Crippen LogP contribution is 2.28. The van der Waals surface area contributed by atoms with Crippen molar-refractivity contribution >= 4 is 22.3 Å². The first kappa shape index (κ1) is 12.8. The highest BCUT2D eigenvalue weighted by molar-refractivity contribution is 5.98. The zero-order chi connectivity index (χ0) is 13.9. The lowest BCUT2D eigenvalue weighted by Crippen LogP contribution is -2.09. The average molecular weight is 269 g/mol. The first-order chi connectivity index (χ1) is 9.79. The maximum absolute atomic E-state index is 11.8. The lowest BCUT2D eigenvalue weighted by Gasteiger charge is -2.15. The van der Waals surface area contributed by atoms with E-state index in [4.69, 9.17) is 9.47 Å². The standard InChI is InChI=1S/C16H15NO3/c1-19-16(18)14-10-12-4-2-3-5-13(12)15(17-14)11-6-8-20-9-7-11/h2-6,10H,7-9H2,1H3. The monoisotopic (exact) mass is 269 g/mol. The largest absolute Gasteiger partial charge is 0.464 e. The van der Waals surface area contributed by atoms with Gasteiger partial charge in [-0.2, -0.15) is 0 Å². The quantitative estimate of drug-likeness (QED) is 0.787. The Kier molecular flexibility index (Phi) is 3.48. The molecule has 0 aliphatic carbocycles. The molecular weight excluding hydrogens is 254 g/mol. The fraction of sp³-hybridized carbons (Fsp3) is 0.250. The van der Waals surface area contributed by atoms with Crippen LogP contribution in [0.1, 0.15) is 22.6 Å². The second-order valence-electron chi connectivity index (χ2n) is 4.62. The average Bonchev–Trinajstić information content (AvgIpc) is 2.54. The first-order valence-corrected chi connectivity index (χ1v) is 6.55. The van der Waals surface area contributed by atoms with E-state index in [0.29, 0.717) is 18.9 Å². The van der Waals surface area contributed by atoms with E-state index in [1.54, 1.807) is 6.07 Å². The molecule has 0 unspecified atom stereocenters. The number of methoxy groups -OCH3 is 1. The van der Waals surface area contributed by atoms with Crippen LogP contribution >= 0.6 is 0 Å². The van der Waals surface area contributed by atoms with Gasteiger partial charge in [0, 0.05) is 5.39 Å². The molecule has 3 rings (SSSR count). The number of nitrogens with zero attached hydrogens (tertiary/aromatic N) is 1. The normalized spacial score (nSPS) is 14.9. The molecular formula is C16H15NO3. The van der Waals surface area contributed by atoms with E-state index >= 15 is 0 Å².